The van der Waals surface area contributed by atoms with Crippen molar-refractivity contribution in [2.45, 2.75) is 52.3 Å². The number of carbonyl (C=O) groups is 2. The van der Waals surface area contributed by atoms with Crippen LogP contribution >= 0.6 is 11.3 Å². The zero-order chi connectivity index (χ0) is 15.1. The van der Waals surface area contributed by atoms with Crippen LogP contribution in [0, 0.1) is 0 Å². The number of carboxylic acid groups (broad SMARTS) is 1. The van der Waals surface area contributed by atoms with Gasteiger partial charge >= 0.3 is 12.1 Å². The standard InChI is InChI=1S/C13H18N2O4S/c1-7-5-8-9(20-10(14-8)11(16)17)6-15(7)12(18)19-13(2,3)4/h7H,5-6H2,1-4H3,(H,16,17). The molecule has 0 aliphatic carbocycles. The van der Waals surface area contributed by atoms with Gasteiger partial charge in [0.2, 0.25) is 5.01 Å². The average molecular weight is 298 g/mol. The molecule has 20 heavy (non-hydrogen) atoms. The maximum absolute atomic E-state index is 12.1. The Morgan fingerprint density at radius 2 is 2.10 bits per heavy atom. The van der Waals surface area contributed by atoms with Crippen LogP contribution in [0.5, 0.6) is 0 Å². The van der Waals surface area contributed by atoms with E-state index in [0.29, 0.717) is 13.0 Å². The molecule has 1 N–H and O–H groups in total. The van der Waals surface area contributed by atoms with Crippen molar-refractivity contribution in [3.8, 4) is 0 Å². The second-order valence-electron chi connectivity index (χ2n) is 5.86. The molecular formula is C13H18N2O4S. The zero-order valence-corrected chi connectivity index (χ0v) is 12.8. The van der Waals surface area contributed by atoms with E-state index in [4.69, 9.17) is 9.84 Å². The molecule has 0 saturated heterocycles. The molecule has 1 aliphatic heterocycles. The quantitative estimate of drug-likeness (QED) is 0.861. The molecular weight excluding hydrogens is 280 g/mol. The van der Waals surface area contributed by atoms with E-state index in [1.165, 1.54) is 0 Å². The number of carbonyl (C=O) groups excluding carboxylic acids is 1. The predicted octanol–water partition coefficient (Wildman–Crippen LogP) is 2.52. The Morgan fingerprint density at radius 1 is 1.45 bits per heavy atom. The number of aromatic nitrogens is 1. The molecule has 110 valence electrons. The zero-order valence-electron chi connectivity index (χ0n) is 12.0. The van der Waals surface area contributed by atoms with Gasteiger partial charge in [-0.05, 0) is 27.7 Å². The van der Waals surface area contributed by atoms with E-state index in [1.54, 1.807) is 4.90 Å². The van der Waals surface area contributed by atoms with Crippen LogP contribution in [0.15, 0.2) is 0 Å². The van der Waals surface area contributed by atoms with Gasteiger partial charge < -0.3 is 9.84 Å². The number of fused-ring (bicyclic) bond motifs is 1. The first-order chi connectivity index (χ1) is 9.17. The number of nitrogens with zero attached hydrogens (tertiary/aromatic N) is 2. The summed E-state index contributed by atoms with van der Waals surface area (Å²) < 4.78 is 5.37. The first kappa shape index (κ1) is 14.8. The fourth-order valence-electron chi connectivity index (χ4n) is 2.02. The van der Waals surface area contributed by atoms with Crippen molar-refractivity contribution in [2.24, 2.45) is 0 Å². The van der Waals surface area contributed by atoms with Crippen LogP contribution in [0.2, 0.25) is 0 Å². The normalized spacial score (nSPS) is 18.6. The lowest BCUT2D eigenvalue weighted by Crippen LogP contribution is -2.44. The Morgan fingerprint density at radius 3 is 2.65 bits per heavy atom. The van der Waals surface area contributed by atoms with Crippen molar-refractivity contribution in [2.75, 3.05) is 0 Å². The van der Waals surface area contributed by atoms with Gasteiger partial charge in [-0.3, -0.25) is 4.90 Å². The van der Waals surface area contributed by atoms with Gasteiger partial charge in [0.1, 0.15) is 5.60 Å². The van der Waals surface area contributed by atoms with Crippen molar-refractivity contribution in [3.05, 3.63) is 15.6 Å². The summed E-state index contributed by atoms with van der Waals surface area (Å²) in [6.45, 7) is 7.73. The minimum Gasteiger partial charge on any atom is -0.476 e. The summed E-state index contributed by atoms with van der Waals surface area (Å²) in [5.41, 5.74) is 0.233. The topological polar surface area (TPSA) is 79.7 Å². The molecule has 7 heteroatoms. The summed E-state index contributed by atoms with van der Waals surface area (Å²) in [6, 6.07) is -0.0545. The Hall–Kier alpha value is -1.63. The van der Waals surface area contributed by atoms with Crippen LogP contribution in [-0.4, -0.2) is 38.7 Å². The summed E-state index contributed by atoms with van der Waals surface area (Å²) >= 11 is 1.12. The first-order valence-corrected chi connectivity index (χ1v) is 7.20. The summed E-state index contributed by atoms with van der Waals surface area (Å²) in [5.74, 6) is -1.03. The van der Waals surface area contributed by atoms with Crippen molar-refractivity contribution in [1.29, 1.82) is 0 Å². The molecule has 0 saturated carbocycles. The van der Waals surface area contributed by atoms with Crippen LogP contribution in [-0.2, 0) is 17.7 Å². The summed E-state index contributed by atoms with van der Waals surface area (Å²) in [7, 11) is 0. The third-order valence-electron chi connectivity index (χ3n) is 2.92. The number of amides is 1. The van der Waals surface area contributed by atoms with Gasteiger partial charge in [0, 0.05) is 17.3 Å². The SMILES string of the molecule is CC1Cc2nc(C(=O)O)sc2CN1C(=O)OC(C)(C)C. The Balaban J connectivity index is 2.18. The number of aromatic carboxylic acids is 1. The molecule has 0 radical (unpaired) electrons. The molecule has 6 nitrogen and oxygen atoms in total. The van der Waals surface area contributed by atoms with Crippen LogP contribution in [0.1, 0.15) is 48.1 Å². The van der Waals surface area contributed by atoms with Gasteiger partial charge in [-0.25, -0.2) is 14.6 Å². The third-order valence-corrected chi connectivity index (χ3v) is 3.99. The van der Waals surface area contributed by atoms with E-state index in [2.05, 4.69) is 4.98 Å². The number of ether oxygens (including phenoxy) is 1. The fourth-order valence-corrected chi connectivity index (χ4v) is 2.95. The molecule has 0 fully saturated rings. The van der Waals surface area contributed by atoms with Crippen molar-refractivity contribution >= 4 is 23.4 Å². The van der Waals surface area contributed by atoms with Gasteiger partial charge in [-0.2, -0.15) is 0 Å². The fraction of sp³-hybridized carbons (Fsp3) is 0.615. The van der Waals surface area contributed by atoms with Crippen molar-refractivity contribution in [3.63, 3.8) is 0 Å². The maximum Gasteiger partial charge on any atom is 0.410 e. The van der Waals surface area contributed by atoms with E-state index in [-0.39, 0.29) is 17.1 Å². The van der Waals surface area contributed by atoms with E-state index in [1.807, 2.05) is 27.7 Å². The first-order valence-electron chi connectivity index (χ1n) is 6.39. The number of carboxylic acids is 1. The molecule has 2 heterocycles. The number of thiazole rings is 1. The third kappa shape index (κ3) is 3.09. The molecule has 1 aromatic heterocycles. The van der Waals surface area contributed by atoms with E-state index >= 15 is 0 Å². The highest BCUT2D eigenvalue weighted by Crippen LogP contribution is 2.29. The van der Waals surface area contributed by atoms with Crippen molar-refractivity contribution in [1.82, 2.24) is 9.88 Å². The maximum atomic E-state index is 12.1. The molecule has 0 aromatic carbocycles. The lowest BCUT2D eigenvalue weighted by molar-refractivity contribution is 0.0140. The number of rotatable bonds is 1. The van der Waals surface area contributed by atoms with Crippen LogP contribution in [0.25, 0.3) is 0 Å². The highest BCUT2D eigenvalue weighted by Gasteiger charge is 2.33. The number of hydrogen-bond donors (Lipinski definition) is 1. The highest BCUT2D eigenvalue weighted by atomic mass is 32.1. The molecule has 1 aliphatic rings. The van der Waals surface area contributed by atoms with Crippen LogP contribution < -0.4 is 0 Å². The second-order valence-corrected chi connectivity index (χ2v) is 6.94. The van der Waals surface area contributed by atoms with Crippen LogP contribution in [0.3, 0.4) is 0 Å². The largest absolute Gasteiger partial charge is 0.476 e. The summed E-state index contributed by atoms with van der Waals surface area (Å²) in [5, 5.41) is 9.05. The van der Waals surface area contributed by atoms with Gasteiger partial charge in [0.25, 0.3) is 0 Å². The molecule has 0 spiro atoms. The molecule has 1 unspecified atom stereocenters. The van der Waals surface area contributed by atoms with Gasteiger partial charge in [0.15, 0.2) is 0 Å². The Kier molecular flexibility index (Phi) is 3.73. The molecule has 1 amide bonds. The van der Waals surface area contributed by atoms with E-state index in [9.17, 15) is 9.59 Å². The van der Waals surface area contributed by atoms with Gasteiger partial charge in [-0.1, -0.05) is 0 Å². The smallest absolute Gasteiger partial charge is 0.410 e. The minimum atomic E-state index is -1.03. The lowest BCUT2D eigenvalue weighted by Gasteiger charge is -2.34. The molecule has 1 aromatic rings. The second kappa shape index (κ2) is 5.05. The summed E-state index contributed by atoms with van der Waals surface area (Å²) in [6.07, 6.45) is 0.180. The van der Waals surface area contributed by atoms with Gasteiger partial charge in [-0.15, -0.1) is 11.3 Å². The monoisotopic (exact) mass is 298 g/mol. The summed E-state index contributed by atoms with van der Waals surface area (Å²) in [4.78, 5) is 29.6. The van der Waals surface area contributed by atoms with E-state index in [0.717, 1.165) is 21.9 Å². The highest BCUT2D eigenvalue weighted by molar-refractivity contribution is 7.13. The molecule has 0 bridgehead atoms. The van der Waals surface area contributed by atoms with Crippen molar-refractivity contribution < 1.29 is 19.4 Å². The van der Waals surface area contributed by atoms with Crippen LogP contribution in [0.4, 0.5) is 4.79 Å². The lowest BCUT2D eigenvalue weighted by atomic mass is 10.1. The Labute approximate surface area is 121 Å². The molecule has 1 atom stereocenters. The van der Waals surface area contributed by atoms with Gasteiger partial charge in [0.05, 0.1) is 12.2 Å². The number of hydrogen-bond acceptors (Lipinski definition) is 5. The van der Waals surface area contributed by atoms with E-state index < -0.39 is 11.6 Å². The predicted molar refractivity (Wildman–Crippen MR) is 74.0 cm³/mol. The molecule has 2 rings (SSSR count). The minimum absolute atomic E-state index is 0.0545. The Bertz CT molecular complexity index is 547. The average Bonchev–Trinajstić information content (AvgIpc) is 2.68.